The fourth-order valence-electron chi connectivity index (χ4n) is 5.28. The van der Waals surface area contributed by atoms with E-state index in [9.17, 15) is 5.11 Å². The van der Waals surface area contributed by atoms with Crippen molar-refractivity contribution in [3.05, 3.63) is 83.0 Å². The van der Waals surface area contributed by atoms with Gasteiger partial charge in [-0.05, 0) is 69.5 Å². The third-order valence-electron chi connectivity index (χ3n) is 7.44. The van der Waals surface area contributed by atoms with Gasteiger partial charge in [0.25, 0.3) is 0 Å². The molecule has 1 saturated heterocycles. The minimum atomic E-state index is -0.170. The van der Waals surface area contributed by atoms with Gasteiger partial charge in [-0.3, -0.25) is 4.90 Å². The lowest BCUT2D eigenvalue weighted by Gasteiger charge is -2.41. The lowest BCUT2D eigenvalue weighted by Crippen LogP contribution is -2.48. The summed E-state index contributed by atoms with van der Waals surface area (Å²) >= 11 is 0. The molecule has 5 nitrogen and oxygen atoms in total. The largest absolute Gasteiger partial charge is 0.507 e. The minimum Gasteiger partial charge on any atom is -0.507 e. The van der Waals surface area contributed by atoms with Crippen LogP contribution >= 0.6 is 0 Å². The SMILES string of the molecule is CN(C)c1ccc([C@H](c2cc(C(C)(C)C)c(O)c(C(C)(C)C)c2)N2CCN(c3ccccn3)CC2)cc1. The molecule has 0 amide bonds. The third-order valence-corrected chi connectivity index (χ3v) is 7.44. The zero-order valence-electron chi connectivity index (χ0n) is 23.9. The Morgan fingerprint density at radius 3 is 1.81 bits per heavy atom. The van der Waals surface area contributed by atoms with E-state index in [0.717, 1.165) is 43.1 Å². The zero-order chi connectivity index (χ0) is 27.0. The molecule has 3 aromatic rings. The van der Waals surface area contributed by atoms with Crippen LogP contribution in [0.2, 0.25) is 0 Å². The molecule has 1 aromatic heterocycles. The van der Waals surface area contributed by atoms with Crippen molar-refractivity contribution in [2.75, 3.05) is 50.1 Å². The molecule has 37 heavy (non-hydrogen) atoms. The van der Waals surface area contributed by atoms with Crippen LogP contribution in [-0.4, -0.2) is 55.3 Å². The monoisotopic (exact) mass is 500 g/mol. The standard InChI is InChI=1S/C32H44N4O/c1-31(2,3)26-21-24(22-27(30(26)37)32(4,5)6)29(23-12-14-25(15-13-23)34(7)8)36-19-17-35(18-20-36)28-11-9-10-16-33-28/h9-16,21-22,29,37H,17-20H2,1-8H3/t29-/m1/s1. The van der Waals surface area contributed by atoms with Crippen molar-refractivity contribution in [2.45, 2.75) is 58.4 Å². The molecule has 1 aliphatic heterocycles. The Morgan fingerprint density at radius 1 is 0.784 bits per heavy atom. The predicted octanol–water partition coefficient (Wildman–Crippen LogP) is 6.36. The highest BCUT2D eigenvalue weighted by atomic mass is 16.3. The number of aromatic nitrogens is 1. The van der Waals surface area contributed by atoms with Crippen LogP contribution in [-0.2, 0) is 10.8 Å². The quantitative estimate of drug-likeness (QED) is 0.442. The maximum atomic E-state index is 11.4. The lowest BCUT2D eigenvalue weighted by molar-refractivity contribution is 0.211. The number of anilines is 2. The van der Waals surface area contributed by atoms with Crippen LogP contribution in [0.15, 0.2) is 60.8 Å². The normalized spacial score (nSPS) is 16.1. The van der Waals surface area contributed by atoms with Crippen molar-refractivity contribution < 1.29 is 5.11 Å². The Bertz CT molecular complexity index is 1150. The number of hydrogen-bond donors (Lipinski definition) is 1. The van der Waals surface area contributed by atoms with Gasteiger partial charge < -0.3 is 14.9 Å². The van der Waals surface area contributed by atoms with Gasteiger partial charge in [0.05, 0.1) is 6.04 Å². The Hall–Kier alpha value is -3.05. The maximum Gasteiger partial charge on any atom is 0.128 e. The molecule has 2 heterocycles. The molecule has 1 fully saturated rings. The van der Waals surface area contributed by atoms with Crippen molar-refractivity contribution in [3.63, 3.8) is 0 Å². The fraction of sp³-hybridized carbons (Fsp3) is 0.469. The van der Waals surface area contributed by atoms with Crippen LogP contribution in [0.25, 0.3) is 0 Å². The minimum absolute atomic E-state index is 0.102. The molecule has 0 saturated carbocycles. The van der Waals surface area contributed by atoms with Crippen LogP contribution in [0.5, 0.6) is 5.75 Å². The van der Waals surface area contributed by atoms with Crippen LogP contribution in [0, 0.1) is 0 Å². The molecule has 0 aliphatic carbocycles. The van der Waals surface area contributed by atoms with E-state index in [2.05, 4.69) is 124 Å². The molecule has 1 aliphatic rings. The zero-order valence-corrected chi connectivity index (χ0v) is 23.9. The van der Waals surface area contributed by atoms with Gasteiger partial charge in [-0.15, -0.1) is 0 Å². The molecule has 0 bridgehead atoms. The number of phenolic OH excluding ortho intramolecular Hbond substituents is 1. The Labute approximate surface area is 223 Å². The Kier molecular flexibility index (Phi) is 7.57. The van der Waals surface area contributed by atoms with E-state index in [0.29, 0.717) is 5.75 Å². The van der Waals surface area contributed by atoms with E-state index < -0.39 is 0 Å². The van der Waals surface area contributed by atoms with E-state index >= 15 is 0 Å². The van der Waals surface area contributed by atoms with Gasteiger partial charge in [-0.1, -0.05) is 59.7 Å². The molecule has 5 heteroatoms. The first-order valence-corrected chi connectivity index (χ1v) is 13.4. The average molecular weight is 501 g/mol. The predicted molar refractivity (Wildman–Crippen MR) is 156 cm³/mol. The van der Waals surface area contributed by atoms with Crippen molar-refractivity contribution in [2.24, 2.45) is 0 Å². The molecule has 0 unspecified atom stereocenters. The summed E-state index contributed by atoms with van der Waals surface area (Å²) in [6.07, 6.45) is 1.87. The van der Waals surface area contributed by atoms with Crippen molar-refractivity contribution >= 4 is 11.5 Å². The van der Waals surface area contributed by atoms with Crippen molar-refractivity contribution in [1.29, 1.82) is 0 Å². The van der Waals surface area contributed by atoms with Crippen molar-refractivity contribution in [3.8, 4) is 5.75 Å². The summed E-state index contributed by atoms with van der Waals surface area (Å²) in [6.45, 7) is 16.8. The summed E-state index contributed by atoms with van der Waals surface area (Å²) < 4.78 is 0. The summed E-state index contributed by atoms with van der Waals surface area (Å²) in [5.41, 5.74) is 5.40. The molecule has 1 N–H and O–H groups in total. The maximum absolute atomic E-state index is 11.4. The Morgan fingerprint density at radius 2 is 1.35 bits per heavy atom. The molecule has 1 atom stereocenters. The average Bonchev–Trinajstić information content (AvgIpc) is 2.85. The Balaban J connectivity index is 1.79. The summed E-state index contributed by atoms with van der Waals surface area (Å²) in [5, 5.41) is 11.4. The summed E-state index contributed by atoms with van der Waals surface area (Å²) in [7, 11) is 4.16. The summed E-state index contributed by atoms with van der Waals surface area (Å²) in [6, 6.07) is 19.7. The first-order chi connectivity index (χ1) is 17.4. The number of nitrogens with zero attached hydrogens (tertiary/aromatic N) is 4. The summed E-state index contributed by atoms with van der Waals surface area (Å²) in [5.74, 6) is 1.48. The number of pyridine rings is 1. The van der Waals surface area contributed by atoms with Crippen LogP contribution in [0.4, 0.5) is 11.5 Å². The van der Waals surface area contributed by atoms with E-state index in [1.165, 1.54) is 16.8 Å². The van der Waals surface area contributed by atoms with Crippen LogP contribution < -0.4 is 9.80 Å². The molecule has 0 spiro atoms. The number of phenols is 1. The molecular weight excluding hydrogens is 456 g/mol. The number of hydrogen-bond acceptors (Lipinski definition) is 5. The fourth-order valence-corrected chi connectivity index (χ4v) is 5.28. The highest BCUT2D eigenvalue weighted by molar-refractivity contribution is 5.53. The number of aromatic hydroxyl groups is 1. The first kappa shape index (κ1) is 27.0. The number of benzene rings is 2. The molecule has 2 aromatic carbocycles. The molecule has 0 radical (unpaired) electrons. The smallest absolute Gasteiger partial charge is 0.128 e. The van der Waals surface area contributed by atoms with Gasteiger partial charge >= 0.3 is 0 Å². The second-order valence-corrected chi connectivity index (χ2v) is 12.6. The number of rotatable bonds is 5. The molecule has 198 valence electrons. The van der Waals surface area contributed by atoms with Crippen molar-refractivity contribution in [1.82, 2.24) is 9.88 Å². The van der Waals surface area contributed by atoms with Gasteiger partial charge in [0.2, 0.25) is 0 Å². The first-order valence-electron chi connectivity index (χ1n) is 13.4. The van der Waals surface area contributed by atoms with E-state index in [1.54, 1.807) is 0 Å². The second kappa shape index (κ2) is 10.4. The van der Waals surface area contributed by atoms with Gasteiger partial charge in [0.15, 0.2) is 0 Å². The highest BCUT2D eigenvalue weighted by Gasteiger charge is 2.32. The van der Waals surface area contributed by atoms with Gasteiger partial charge in [-0.25, -0.2) is 4.98 Å². The van der Waals surface area contributed by atoms with Crippen LogP contribution in [0.3, 0.4) is 0 Å². The second-order valence-electron chi connectivity index (χ2n) is 12.6. The van der Waals surface area contributed by atoms with Gasteiger partial charge in [0.1, 0.15) is 11.6 Å². The van der Waals surface area contributed by atoms with Gasteiger partial charge in [0, 0.05) is 52.2 Å². The highest BCUT2D eigenvalue weighted by Crippen LogP contribution is 2.43. The van der Waals surface area contributed by atoms with Gasteiger partial charge in [-0.2, -0.15) is 0 Å². The van der Waals surface area contributed by atoms with E-state index in [-0.39, 0.29) is 16.9 Å². The third kappa shape index (κ3) is 5.93. The topological polar surface area (TPSA) is 42.8 Å². The lowest BCUT2D eigenvalue weighted by atomic mass is 9.77. The molecular formula is C32H44N4O. The van der Waals surface area contributed by atoms with Crippen LogP contribution in [0.1, 0.15) is 69.8 Å². The summed E-state index contributed by atoms with van der Waals surface area (Å²) in [4.78, 5) is 11.7. The number of piperazine rings is 1. The van der Waals surface area contributed by atoms with E-state index in [4.69, 9.17) is 0 Å². The van der Waals surface area contributed by atoms with E-state index in [1.807, 2.05) is 12.3 Å². The molecule has 4 rings (SSSR count).